The number of nitrogens with one attached hydrogen (secondary N) is 2. The van der Waals surface area contributed by atoms with Gasteiger partial charge >= 0.3 is 0 Å². The molecule has 0 aliphatic carbocycles. The average Bonchev–Trinajstić information content (AvgIpc) is 3.28. The number of fused-ring (bicyclic) bond motifs is 3. The second-order valence-corrected chi connectivity index (χ2v) is 7.18. The van der Waals surface area contributed by atoms with Crippen LogP contribution in [0.3, 0.4) is 0 Å². The number of para-hydroxylation sites is 1. The largest absolute Gasteiger partial charge is 0.357 e. The van der Waals surface area contributed by atoms with E-state index < -0.39 is 0 Å². The second-order valence-electron chi connectivity index (χ2n) is 7.18. The van der Waals surface area contributed by atoms with E-state index in [4.69, 9.17) is 0 Å². The van der Waals surface area contributed by atoms with Gasteiger partial charge in [-0.1, -0.05) is 48.0 Å². The Hall–Kier alpha value is -2.85. The Labute approximate surface area is 152 Å². The third-order valence-corrected chi connectivity index (χ3v) is 5.42. The van der Waals surface area contributed by atoms with Crippen LogP contribution in [0.4, 0.5) is 0 Å². The van der Waals surface area contributed by atoms with Gasteiger partial charge in [0.25, 0.3) is 0 Å². The summed E-state index contributed by atoms with van der Waals surface area (Å²) in [7, 11) is 0. The van der Waals surface area contributed by atoms with Crippen LogP contribution >= 0.6 is 0 Å². The molecule has 0 amide bonds. The minimum Gasteiger partial charge on any atom is -0.357 e. The van der Waals surface area contributed by atoms with Crippen molar-refractivity contribution in [2.24, 2.45) is 0 Å². The number of hydrogen-bond donors (Lipinski definition) is 2. The van der Waals surface area contributed by atoms with Gasteiger partial charge in [-0.3, -0.25) is 10.00 Å². The lowest BCUT2D eigenvalue weighted by Crippen LogP contribution is -2.35. The van der Waals surface area contributed by atoms with Crippen LogP contribution in [0, 0.1) is 6.92 Å². The van der Waals surface area contributed by atoms with Gasteiger partial charge in [0.1, 0.15) is 0 Å². The average molecular weight is 342 g/mol. The fourth-order valence-corrected chi connectivity index (χ4v) is 4.27. The van der Waals surface area contributed by atoms with Crippen molar-refractivity contribution in [3.05, 3.63) is 88.9 Å². The monoisotopic (exact) mass is 342 g/mol. The molecule has 1 atom stereocenters. The number of aromatic nitrogens is 3. The van der Waals surface area contributed by atoms with Crippen molar-refractivity contribution in [2.45, 2.75) is 25.9 Å². The van der Waals surface area contributed by atoms with Gasteiger partial charge in [-0.05, 0) is 36.6 Å². The molecule has 0 saturated carbocycles. The molecule has 1 aliphatic rings. The highest BCUT2D eigenvalue weighted by Crippen LogP contribution is 2.39. The summed E-state index contributed by atoms with van der Waals surface area (Å²) in [5, 5.41) is 8.60. The molecular weight excluding hydrogens is 320 g/mol. The van der Waals surface area contributed by atoms with E-state index in [0.29, 0.717) is 0 Å². The van der Waals surface area contributed by atoms with Crippen molar-refractivity contribution in [1.29, 1.82) is 0 Å². The summed E-state index contributed by atoms with van der Waals surface area (Å²) in [6.45, 7) is 4.07. The van der Waals surface area contributed by atoms with Gasteiger partial charge in [-0.25, -0.2) is 0 Å². The Bertz CT molecular complexity index is 1050. The van der Waals surface area contributed by atoms with Crippen molar-refractivity contribution in [2.75, 3.05) is 6.54 Å². The molecule has 4 heteroatoms. The number of aromatic amines is 2. The summed E-state index contributed by atoms with van der Waals surface area (Å²) in [5.41, 5.74) is 7.83. The third kappa shape index (κ3) is 2.54. The molecule has 4 nitrogen and oxygen atoms in total. The van der Waals surface area contributed by atoms with Gasteiger partial charge in [-0.2, -0.15) is 5.10 Å². The first-order chi connectivity index (χ1) is 12.8. The molecule has 3 heterocycles. The first-order valence-corrected chi connectivity index (χ1v) is 9.18. The summed E-state index contributed by atoms with van der Waals surface area (Å²) in [6.07, 6.45) is 2.89. The van der Waals surface area contributed by atoms with Crippen LogP contribution < -0.4 is 0 Å². The fourth-order valence-electron chi connectivity index (χ4n) is 4.27. The summed E-state index contributed by atoms with van der Waals surface area (Å²) in [5.74, 6) is 0. The van der Waals surface area contributed by atoms with Crippen molar-refractivity contribution in [1.82, 2.24) is 20.1 Å². The predicted molar refractivity (Wildman–Crippen MR) is 104 cm³/mol. The summed E-state index contributed by atoms with van der Waals surface area (Å²) in [6, 6.07) is 19.8. The predicted octanol–water partition coefficient (Wildman–Crippen LogP) is 4.35. The quantitative estimate of drug-likeness (QED) is 0.581. The van der Waals surface area contributed by atoms with Crippen LogP contribution in [-0.4, -0.2) is 26.6 Å². The summed E-state index contributed by atoms with van der Waals surface area (Å²) < 4.78 is 0. The highest BCUT2D eigenvalue weighted by Gasteiger charge is 2.31. The molecule has 26 heavy (non-hydrogen) atoms. The molecule has 0 spiro atoms. The van der Waals surface area contributed by atoms with E-state index in [1.165, 1.54) is 33.3 Å². The first-order valence-electron chi connectivity index (χ1n) is 9.18. The molecule has 1 aliphatic heterocycles. The van der Waals surface area contributed by atoms with Gasteiger partial charge in [0, 0.05) is 41.6 Å². The van der Waals surface area contributed by atoms with Crippen LogP contribution in [0.2, 0.25) is 0 Å². The highest BCUT2D eigenvalue weighted by molar-refractivity contribution is 5.85. The van der Waals surface area contributed by atoms with Gasteiger partial charge < -0.3 is 4.98 Å². The van der Waals surface area contributed by atoms with E-state index in [9.17, 15) is 0 Å². The summed E-state index contributed by atoms with van der Waals surface area (Å²) >= 11 is 0. The van der Waals surface area contributed by atoms with E-state index in [-0.39, 0.29) is 6.04 Å². The molecule has 0 fully saturated rings. The van der Waals surface area contributed by atoms with Gasteiger partial charge in [0.2, 0.25) is 0 Å². The van der Waals surface area contributed by atoms with Gasteiger partial charge in [-0.15, -0.1) is 0 Å². The van der Waals surface area contributed by atoms with E-state index >= 15 is 0 Å². The fraction of sp³-hybridized carbons (Fsp3) is 0.227. The number of aryl methyl sites for hydroxylation is 1. The highest BCUT2D eigenvalue weighted by atomic mass is 15.2. The lowest BCUT2D eigenvalue weighted by atomic mass is 9.91. The lowest BCUT2D eigenvalue weighted by molar-refractivity contribution is 0.199. The molecule has 2 N–H and O–H groups in total. The molecular formula is C22H22N4. The van der Waals surface area contributed by atoms with E-state index in [0.717, 1.165) is 25.2 Å². The molecule has 4 aromatic rings. The second kappa shape index (κ2) is 6.15. The molecule has 0 radical (unpaired) electrons. The molecule has 2 aromatic heterocycles. The zero-order chi connectivity index (χ0) is 17.5. The molecule has 130 valence electrons. The zero-order valence-electron chi connectivity index (χ0n) is 14.9. The van der Waals surface area contributed by atoms with Crippen LogP contribution in [-0.2, 0) is 13.0 Å². The van der Waals surface area contributed by atoms with Crippen molar-refractivity contribution < 1.29 is 0 Å². The van der Waals surface area contributed by atoms with E-state index in [1.807, 2.05) is 6.20 Å². The third-order valence-electron chi connectivity index (χ3n) is 5.42. The van der Waals surface area contributed by atoms with Crippen LogP contribution in [0.15, 0.2) is 60.8 Å². The summed E-state index contributed by atoms with van der Waals surface area (Å²) in [4.78, 5) is 6.27. The zero-order valence-corrected chi connectivity index (χ0v) is 14.9. The maximum atomic E-state index is 4.12. The molecule has 5 rings (SSSR count). The van der Waals surface area contributed by atoms with E-state index in [2.05, 4.69) is 81.6 Å². The minimum atomic E-state index is 0.231. The Balaban J connectivity index is 1.65. The topological polar surface area (TPSA) is 47.7 Å². The Kier molecular flexibility index (Phi) is 3.64. The number of nitrogens with zero attached hydrogens (tertiary/aromatic N) is 2. The Morgan fingerprint density at radius 2 is 2.04 bits per heavy atom. The molecule has 2 aromatic carbocycles. The van der Waals surface area contributed by atoms with Crippen molar-refractivity contribution in [3.8, 4) is 0 Å². The van der Waals surface area contributed by atoms with Crippen LogP contribution in [0.5, 0.6) is 0 Å². The van der Waals surface area contributed by atoms with Gasteiger partial charge in [0.05, 0.1) is 6.04 Å². The number of benzene rings is 2. The van der Waals surface area contributed by atoms with Crippen LogP contribution in [0.25, 0.3) is 10.9 Å². The standard InChI is InChI=1S/C22H22N4/c1-15-5-4-6-16(13-15)22-21-19(18-7-2-3-8-20(18)24-21)10-12-26(22)14-17-9-11-23-25-17/h2-9,11,13,22,24H,10,12,14H2,1H3,(H,23,25)/t22-/m1/s1. The maximum Gasteiger partial charge on any atom is 0.0760 e. The smallest absolute Gasteiger partial charge is 0.0760 e. The van der Waals surface area contributed by atoms with E-state index in [1.54, 1.807) is 0 Å². The molecule has 0 bridgehead atoms. The normalized spacial score (nSPS) is 17.5. The van der Waals surface area contributed by atoms with Crippen LogP contribution in [0.1, 0.15) is 34.1 Å². The minimum absolute atomic E-state index is 0.231. The lowest BCUT2D eigenvalue weighted by Gasteiger charge is -2.36. The van der Waals surface area contributed by atoms with Crippen molar-refractivity contribution in [3.63, 3.8) is 0 Å². The number of H-pyrrole nitrogens is 2. The number of hydrogen-bond acceptors (Lipinski definition) is 2. The van der Waals surface area contributed by atoms with Crippen molar-refractivity contribution >= 4 is 10.9 Å². The number of rotatable bonds is 3. The molecule has 0 saturated heterocycles. The Morgan fingerprint density at radius 1 is 1.12 bits per heavy atom. The molecule has 0 unspecified atom stereocenters. The Morgan fingerprint density at radius 3 is 2.88 bits per heavy atom. The van der Waals surface area contributed by atoms with Gasteiger partial charge in [0.15, 0.2) is 0 Å². The SMILES string of the molecule is Cc1cccc([C@@H]2c3[nH]c4ccccc4c3CCN2Cc2ccn[nH]2)c1. The first kappa shape index (κ1) is 15.4. The maximum absolute atomic E-state index is 4.12.